The van der Waals surface area contributed by atoms with Crippen LogP contribution in [0.2, 0.25) is 0 Å². The molecule has 0 unspecified atom stereocenters. The minimum atomic E-state index is -0.485. The molecule has 0 saturated carbocycles. The fourth-order valence-electron chi connectivity index (χ4n) is 2.37. The van der Waals surface area contributed by atoms with E-state index < -0.39 is 5.92 Å². The molecule has 116 valence electrons. The Morgan fingerprint density at radius 3 is 2.04 bits per heavy atom. The minimum Gasteiger partial charge on any atom is -0.455 e. The molecule has 0 fully saturated rings. The molecular weight excluding hydrogens is 292 g/mol. The summed E-state index contributed by atoms with van der Waals surface area (Å²) in [6.45, 7) is 1.66. The van der Waals surface area contributed by atoms with Crippen molar-refractivity contribution in [2.75, 3.05) is 0 Å². The van der Waals surface area contributed by atoms with Crippen molar-refractivity contribution in [1.29, 1.82) is 0 Å². The zero-order valence-corrected chi connectivity index (χ0v) is 12.7. The molecule has 0 bridgehead atoms. The van der Waals surface area contributed by atoms with Gasteiger partial charge in [-0.25, -0.2) is 0 Å². The topological polar surface area (TPSA) is 65.2 Å². The Bertz CT molecular complexity index is 730. The molecule has 0 aliphatic carbocycles. The second-order valence-electron chi connectivity index (χ2n) is 5.08. The van der Waals surface area contributed by atoms with Crippen molar-refractivity contribution in [3.8, 4) is 0 Å². The molecule has 5 heteroatoms. The molecule has 1 heterocycles. The number of carbonyl (C=O) groups excluding carboxylic acids is 1. The second kappa shape index (κ2) is 6.87. The third-order valence-electron chi connectivity index (χ3n) is 3.41. The molecular formula is C18H16N2O3. The lowest BCUT2D eigenvalue weighted by atomic mass is 9.91. The number of hydrogen-bond donors (Lipinski definition) is 0. The first-order chi connectivity index (χ1) is 11.2. The molecule has 23 heavy (non-hydrogen) atoms. The fraction of sp³-hybridized carbons (Fsp3) is 0.167. The van der Waals surface area contributed by atoms with Gasteiger partial charge < -0.3 is 9.15 Å². The quantitative estimate of drug-likeness (QED) is 0.677. The molecule has 0 N–H and O–H groups in total. The third-order valence-corrected chi connectivity index (χ3v) is 3.41. The van der Waals surface area contributed by atoms with E-state index in [9.17, 15) is 4.79 Å². The summed E-state index contributed by atoms with van der Waals surface area (Å²) in [5.74, 6) is -0.103. The first-order valence-electron chi connectivity index (χ1n) is 7.29. The van der Waals surface area contributed by atoms with Crippen LogP contribution >= 0.6 is 0 Å². The van der Waals surface area contributed by atoms with Gasteiger partial charge in [-0.3, -0.25) is 4.79 Å². The Morgan fingerprint density at radius 2 is 1.57 bits per heavy atom. The van der Waals surface area contributed by atoms with Gasteiger partial charge in [0.25, 0.3) is 5.89 Å². The number of aromatic nitrogens is 2. The van der Waals surface area contributed by atoms with Crippen molar-refractivity contribution in [2.24, 2.45) is 0 Å². The van der Waals surface area contributed by atoms with Crippen LogP contribution in [-0.2, 0) is 16.1 Å². The lowest BCUT2D eigenvalue weighted by molar-refractivity contribution is -0.146. The molecule has 0 atom stereocenters. The van der Waals surface area contributed by atoms with Gasteiger partial charge in [-0.1, -0.05) is 60.7 Å². The predicted octanol–water partition coefficient (Wildman–Crippen LogP) is 3.25. The summed E-state index contributed by atoms with van der Waals surface area (Å²) in [4.78, 5) is 12.6. The molecule has 0 saturated heterocycles. The number of benzene rings is 2. The van der Waals surface area contributed by atoms with Crippen LogP contribution in [0.3, 0.4) is 0 Å². The van der Waals surface area contributed by atoms with Gasteiger partial charge in [0.05, 0.1) is 0 Å². The summed E-state index contributed by atoms with van der Waals surface area (Å²) in [5, 5.41) is 7.55. The van der Waals surface area contributed by atoms with Crippen molar-refractivity contribution in [1.82, 2.24) is 10.2 Å². The maximum Gasteiger partial charge on any atom is 0.318 e. The smallest absolute Gasteiger partial charge is 0.318 e. The number of esters is 1. The van der Waals surface area contributed by atoms with E-state index in [4.69, 9.17) is 9.15 Å². The zero-order valence-electron chi connectivity index (χ0n) is 12.7. The van der Waals surface area contributed by atoms with E-state index in [-0.39, 0.29) is 18.5 Å². The summed E-state index contributed by atoms with van der Waals surface area (Å²) < 4.78 is 10.6. The van der Waals surface area contributed by atoms with E-state index in [1.54, 1.807) is 6.92 Å². The molecule has 1 aromatic heterocycles. The largest absolute Gasteiger partial charge is 0.455 e. The van der Waals surface area contributed by atoms with Gasteiger partial charge in [0.2, 0.25) is 5.89 Å². The highest BCUT2D eigenvalue weighted by molar-refractivity contribution is 5.82. The summed E-state index contributed by atoms with van der Waals surface area (Å²) >= 11 is 0. The number of carbonyl (C=O) groups is 1. The van der Waals surface area contributed by atoms with Gasteiger partial charge in [0.1, 0.15) is 5.92 Å². The summed E-state index contributed by atoms with van der Waals surface area (Å²) in [5.41, 5.74) is 1.76. The van der Waals surface area contributed by atoms with E-state index >= 15 is 0 Å². The standard InChI is InChI=1S/C18H16N2O3/c1-13-19-20-16(23-13)12-22-18(21)17(14-8-4-2-5-9-14)15-10-6-3-7-11-15/h2-11,17H,12H2,1H3. The Balaban J connectivity index is 1.82. The van der Waals surface area contributed by atoms with Gasteiger partial charge in [0.15, 0.2) is 6.61 Å². The zero-order chi connectivity index (χ0) is 16.1. The average Bonchev–Trinajstić information content (AvgIpc) is 3.01. The van der Waals surface area contributed by atoms with Crippen LogP contribution in [0.5, 0.6) is 0 Å². The van der Waals surface area contributed by atoms with Crippen LogP contribution in [0, 0.1) is 6.92 Å². The minimum absolute atomic E-state index is 0.0319. The Hall–Kier alpha value is -2.95. The summed E-state index contributed by atoms with van der Waals surface area (Å²) in [6.07, 6.45) is 0. The van der Waals surface area contributed by atoms with Crippen LogP contribution in [0.4, 0.5) is 0 Å². The molecule has 3 rings (SSSR count). The van der Waals surface area contributed by atoms with E-state index in [0.717, 1.165) is 11.1 Å². The molecule has 0 spiro atoms. The highest BCUT2D eigenvalue weighted by Gasteiger charge is 2.24. The number of ether oxygens (including phenoxy) is 1. The Kier molecular flexibility index (Phi) is 4.47. The molecule has 0 aliphatic heterocycles. The maximum absolute atomic E-state index is 12.6. The number of hydrogen-bond acceptors (Lipinski definition) is 5. The van der Waals surface area contributed by atoms with E-state index in [1.165, 1.54) is 0 Å². The number of rotatable bonds is 5. The molecule has 0 radical (unpaired) electrons. The highest BCUT2D eigenvalue weighted by atomic mass is 16.5. The van der Waals surface area contributed by atoms with E-state index in [0.29, 0.717) is 5.89 Å². The monoisotopic (exact) mass is 308 g/mol. The predicted molar refractivity (Wildman–Crippen MR) is 83.6 cm³/mol. The summed E-state index contributed by atoms with van der Waals surface area (Å²) in [7, 11) is 0. The summed E-state index contributed by atoms with van der Waals surface area (Å²) in [6, 6.07) is 19.1. The van der Waals surface area contributed by atoms with Crippen LogP contribution < -0.4 is 0 Å². The fourth-order valence-corrected chi connectivity index (χ4v) is 2.37. The first-order valence-corrected chi connectivity index (χ1v) is 7.29. The molecule has 5 nitrogen and oxygen atoms in total. The van der Waals surface area contributed by atoms with Gasteiger partial charge >= 0.3 is 5.97 Å². The molecule has 0 amide bonds. The lowest BCUT2D eigenvalue weighted by Gasteiger charge is -2.16. The SMILES string of the molecule is Cc1nnc(COC(=O)C(c2ccccc2)c2ccccc2)o1. The first kappa shape index (κ1) is 15.0. The van der Waals surface area contributed by atoms with Crippen LogP contribution in [0.15, 0.2) is 65.1 Å². The number of aryl methyl sites for hydroxylation is 1. The van der Waals surface area contributed by atoms with E-state index in [2.05, 4.69) is 10.2 Å². The highest BCUT2D eigenvalue weighted by Crippen LogP contribution is 2.26. The van der Waals surface area contributed by atoms with Crippen molar-refractivity contribution in [2.45, 2.75) is 19.4 Å². The Morgan fingerprint density at radius 1 is 1.00 bits per heavy atom. The van der Waals surface area contributed by atoms with E-state index in [1.807, 2.05) is 60.7 Å². The van der Waals surface area contributed by atoms with Crippen molar-refractivity contribution < 1.29 is 13.9 Å². The van der Waals surface area contributed by atoms with Crippen molar-refractivity contribution in [3.63, 3.8) is 0 Å². The second-order valence-corrected chi connectivity index (χ2v) is 5.08. The van der Waals surface area contributed by atoms with Crippen LogP contribution in [0.25, 0.3) is 0 Å². The van der Waals surface area contributed by atoms with Crippen molar-refractivity contribution in [3.05, 3.63) is 83.6 Å². The average molecular weight is 308 g/mol. The number of nitrogens with zero attached hydrogens (tertiary/aromatic N) is 2. The molecule has 0 aliphatic rings. The van der Waals surface area contributed by atoms with Gasteiger partial charge in [-0.15, -0.1) is 10.2 Å². The molecule has 2 aromatic carbocycles. The van der Waals surface area contributed by atoms with Crippen LogP contribution in [-0.4, -0.2) is 16.2 Å². The Labute approximate surface area is 133 Å². The van der Waals surface area contributed by atoms with Gasteiger partial charge in [-0.2, -0.15) is 0 Å². The van der Waals surface area contributed by atoms with Gasteiger partial charge in [-0.05, 0) is 11.1 Å². The normalized spacial score (nSPS) is 10.7. The van der Waals surface area contributed by atoms with Crippen LogP contribution in [0.1, 0.15) is 28.8 Å². The van der Waals surface area contributed by atoms with Gasteiger partial charge in [0, 0.05) is 6.92 Å². The maximum atomic E-state index is 12.6. The lowest BCUT2D eigenvalue weighted by Crippen LogP contribution is -2.17. The molecule has 3 aromatic rings. The van der Waals surface area contributed by atoms with Crippen molar-refractivity contribution >= 4 is 5.97 Å². The third kappa shape index (κ3) is 3.63.